The van der Waals surface area contributed by atoms with Crippen molar-refractivity contribution in [3.8, 4) is 5.75 Å². The first-order valence-electron chi connectivity index (χ1n) is 5.87. The Morgan fingerprint density at radius 3 is 2.78 bits per heavy atom. The Morgan fingerprint density at radius 1 is 1.50 bits per heavy atom. The molecule has 1 aromatic carbocycles. The lowest BCUT2D eigenvalue weighted by molar-refractivity contribution is 0.415. The third-order valence-corrected chi connectivity index (χ3v) is 5.51. The van der Waals surface area contributed by atoms with Crippen molar-refractivity contribution in [2.24, 2.45) is 5.73 Å². The van der Waals surface area contributed by atoms with Crippen LogP contribution in [-0.4, -0.2) is 33.9 Å². The molecule has 5 nitrogen and oxygen atoms in total. The highest BCUT2D eigenvalue weighted by Crippen LogP contribution is 2.35. The molecule has 1 heterocycles. The van der Waals surface area contributed by atoms with Crippen LogP contribution in [0.25, 0.3) is 0 Å². The molecule has 18 heavy (non-hydrogen) atoms. The van der Waals surface area contributed by atoms with Crippen molar-refractivity contribution >= 4 is 15.7 Å². The zero-order chi connectivity index (χ0) is 13.3. The lowest BCUT2D eigenvalue weighted by Gasteiger charge is -2.21. The molecule has 1 fully saturated rings. The number of methoxy groups -OCH3 is 1. The van der Waals surface area contributed by atoms with Gasteiger partial charge in [-0.05, 0) is 31.0 Å². The molecule has 1 aliphatic rings. The fourth-order valence-corrected chi connectivity index (χ4v) is 3.99. The summed E-state index contributed by atoms with van der Waals surface area (Å²) in [5, 5.41) is -0.484. The van der Waals surface area contributed by atoms with E-state index in [0.29, 0.717) is 24.4 Å². The summed E-state index contributed by atoms with van der Waals surface area (Å²) in [6.07, 6.45) is 0.565. The van der Waals surface area contributed by atoms with E-state index in [1.54, 1.807) is 6.07 Å². The van der Waals surface area contributed by atoms with E-state index in [4.69, 9.17) is 10.5 Å². The van der Waals surface area contributed by atoms with E-state index in [9.17, 15) is 8.42 Å². The summed E-state index contributed by atoms with van der Waals surface area (Å²) in [7, 11) is -1.81. The number of hydrogen-bond donors (Lipinski definition) is 1. The molecule has 2 N–H and O–H groups in total. The van der Waals surface area contributed by atoms with Crippen molar-refractivity contribution in [3.05, 3.63) is 23.8 Å². The first-order chi connectivity index (χ1) is 8.50. The summed E-state index contributed by atoms with van der Waals surface area (Å²) in [6, 6.07) is 5.51. The average Bonchev–Trinajstić information content (AvgIpc) is 2.63. The van der Waals surface area contributed by atoms with Crippen LogP contribution in [0.4, 0.5) is 5.69 Å². The molecule has 6 heteroatoms. The monoisotopic (exact) mass is 270 g/mol. The average molecular weight is 270 g/mol. The van der Waals surface area contributed by atoms with E-state index in [1.165, 1.54) is 11.4 Å². The molecule has 1 aliphatic heterocycles. The highest BCUT2D eigenvalue weighted by molar-refractivity contribution is 7.93. The van der Waals surface area contributed by atoms with Crippen LogP contribution in [0, 0.1) is 6.92 Å². The van der Waals surface area contributed by atoms with Gasteiger partial charge in [0.05, 0.1) is 18.0 Å². The van der Waals surface area contributed by atoms with Crippen LogP contribution in [0.5, 0.6) is 5.75 Å². The quantitative estimate of drug-likeness (QED) is 0.884. The second kappa shape index (κ2) is 4.78. The van der Waals surface area contributed by atoms with E-state index >= 15 is 0 Å². The fraction of sp³-hybridized carbons (Fsp3) is 0.500. The van der Waals surface area contributed by atoms with Crippen LogP contribution in [0.3, 0.4) is 0 Å². The first-order valence-corrected chi connectivity index (χ1v) is 7.37. The summed E-state index contributed by atoms with van der Waals surface area (Å²) < 4.78 is 31.2. The zero-order valence-electron chi connectivity index (χ0n) is 10.6. The minimum atomic E-state index is -3.35. The summed E-state index contributed by atoms with van der Waals surface area (Å²) >= 11 is 0. The van der Waals surface area contributed by atoms with E-state index in [2.05, 4.69) is 0 Å². The maximum Gasteiger partial charge on any atom is 0.239 e. The van der Waals surface area contributed by atoms with E-state index in [-0.39, 0.29) is 6.54 Å². The van der Waals surface area contributed by atoms with E-state index < -0.39 is 15.3 Å². The second-order valence-corrected chi connectivity index (χ2v) is 6.58. The largest absolute Gasteiger partial charge is 0.495 e. The standard InChI is InChI=1S/C12H18N2O3S/c1-9-3-4-12(17-2)11(7-9)14-6-5-10(8-13)18(14,15)16/h3-4,7,10H,5-6,8,13H2,1-2H3/t10-/m0/s1. The number of sulfonamides is 1. The van der Waals surface area contributed by atoms with Gasteiger partial charge < -0.3 is 10.5 Å². The van der Waals surface area contributed by atoms with Crippen LogP contribution in [0.2, 0.25) is 0 Å². The molecule has 0 amide bonds. The van der Waals surface area contributed by atoms with Gasteiger partial charge in [-0.15, -0.1) is 0 Å². The van der Waals surface area contributed by atoms with Gasteiger partial charge in [0.25, 0.3) is 0 Å². The summed E-state index contributed by atoms with van der Waals surface area (Å²) in [6.45, 7) is 2.54. The number of rotatable bonds is 3. The molecule has 0 spiro atoms. The zero-order valence-corrected chi connectivity index (χ0v) is 11.4. The van der Waals surface area contributed by atoms with Gasteiger partial charge in [0, 0.05) is 13.1 Å². The van der Waals surface area contributed by atoms with Gasteiger partial charge in [0.1, 0.15) is 5.75 Å². The van der Waals surface area contributed by atoms with Crippen LogP contribution >= 0.6 is 0 Å². The van der Waals surface area contributed by atoms with Crippen molar-refractivity contribution in [3.63, 3.8) is 0 Å². The smallest absolute Gasteiger partial charge is 0.239 e. The minimum Gasteiger partial charge on any atom is -0.495 e. The van der Waals surface area contributed by atoms with Gasteiger partial charge >= 0.3 is 0 Å². The van der Waals surface area contributed by atoms with Crippen molar-refractivity contribution in [2.45, 2.75) is 18.6 Å². The van der Waals surface area contributed by atoms with Gasteiger partial charge in [-0.1, -0.05) is 6.07 Å². The van der Waals surface area contributed by atoms with E-state index in [0.717, 1.165) is 5.56 Å². The molecule has 2 rings (SSSR count). The summed E-state index contributed by atoms with van der Waals surface area (Å²) in [5.74, 6) is 0.571. The Bertz CT molecular complexity index is 542. The SMILES string of the molecule is COc1ccc(C)cc1N1CC[C@@H](CN)S1(=O)=O. The molecule has 0 radical (unpaired) electrons. The molecule has 0 aromatic heterocycles. The van der Waals surface area contributed by atoms with Crippen LogP contribution in [-0.2, 0) is 10.0 Å². The predicted octanol–water partition coefficient (Wildman–Crippen LogP) is 0.871. The number of aryl methyl sites for hydroxylation is 1. The molecule has 0 unspecified atom stereocenters. The molecule has 0 bridgehead atoms. The number of nitrogens with two attached hydrogens (primary N) is 1. The molecule has 0 aliphatic carbocycles. The highest BCUT2D eigenvalue weighted by Gasteiger charge is 2.39. The lowest BCUT2D eigenvalue weighted by atomic mass is 10.2. The Balaban J connectivity index is 2.47. The minimum absolute atomic E-state index is 0.160. The lowest BCUT2D eigenvalue weighted by Crippen LogP contribution is -2.33. The number of ether oxygens (including phenoxy) is 1. The third kappa shape index (κ3) is 2.06. The maximum absolute atomic E-state index is 12.3. The van der Waals surface area contributed by atoms with Crippen molar-refractivity contribution in [1.82, 2.24) is 0 Å². The van der Waals surface area contributed by atoms with Gasteiger partial charge in [-0.3, -0.25) is 4.31 Å². The number of hydrogen-bond acceptors (Lipinski definition) is 4. The Hall–Kier alpha value is -1.27. The number of benzene rings is 1. The Labute approximate surface area is 108 Å². The summed E-state index contributed by atoms with van der Waals surface area (Å²) in [5.41, 5.74) is 7.12. The third-order valence-electron chi connectivity index (χ3n) is 3.25. The Morgan fingerprint density at radius 2 is 2.22 bits per heavy atom. The van der Waals surface area contributed by atoms with Crippen molar-refractivity contribution in [2.75, 3.05) is 24.5 Å². The normalized spacial score (nSPS) is 22.2. The maximum atomic E-state index is 12.3. The van der Waals surface area contributed by atoms with Gasteiger partial charge in [0.2, 0.25) is 10.0 Å². The molecule has 1 atom stereocenters. The Kier molecular flexibility index (Phi) is 3.49. The second-order valence-electron chi connectivity index (χ2n) is 4.44. The predicted molar refractivity (Wildman–Crippen MR) is 71.5 cm³/mol. The van der Waals surface area contributed by atoms with Gasteiger partial charge in [-0.2, -0.15) is 0 Å². The molecule has 100 valence electrons. The summed E-state index contributed by atoms with van der Waals surface area (Å²) in [4.78, 5) is 0. The van der Waals surface area contributed by atoms with Crippen molar-refractivity contribution < 1.29 is 13.2 Å². The van der Waals surface area contributed by atoms with Crippen LogP contribution in [0.1, 0.15) is 12.0 Å². The van der Waals surface area contributed by atoms with Crippen molar-refractivity contribution in [1.29, 1.82) is 0 Å². The van der Waals surface area contributed by atoms with Gasteiger partial charge in [-0.25, -0.2) is 8.42 Å². The molecule has 0 saturated carbocycles. The topological polar surface area (TPSA) is 72.6 Å². The first kappa shape index (κ1) is 13.2. The van der Waals surface area contributed by atoms with Crippen LogP contribution in [0.15, 0.2) is 18.2 Å². The highest BCUT2D eigenvalue weighted by atomic mass is 32.2. The molecule has 1 aromatic rings. The molecular formula is C12H18N2O3S. The molecule has 1 saturated heterocycles. The number of nitrogens with zero attached hydrogens (tertiary/aromatic N) is 1. The molecular weight excluding hydrogens is 252 g/mol. The van der Waals surface area contributed by atoms with Gasteiger partial charge in [0.15, 0.2) is 0 Å². The van der Waals surface area contributed by atoms with E-state index in [1.807, 2.05) is 19.1 Å². The fourth-order valence-electron chi connectivity index (χ4n) is 2.21. The van der Waals surface area contributed by atoms with Crippen LogP contribution < -0.4 is 14.8 Å². The number of anilines is 1.